The van der Waals surface area contributed by atoms with E-state index >= 15 is 0 Å². The van der Waals surface area contributed by atoms with Crippen LogP contribution in [0.2, 0.25) is 0 Å². The normalized spacial score (nSPS) is 10.7. The first-order valence-electron chi connectivity index (χ1n) is 9.99. The van der Waals surface area contributed by atoms with Gasteiger partial charge in [0.15, 0.2) is 0 Å². The maximum absolute atomic E-state index is 12.8. The molecule has 0 unspecified atom stereocenters. The van der Waals surface area contributed by atoms with E-state index in [1.54, 1.807) is 19.1 Å². The van der Waals surface area contributed by atoms with Crippen molar-refractivity contribution in [3.05, 3.63) is 71.0 Å². The van der Waals surface area contributed by atoms with Crippen molar-refractivity contribution >= 4 is 5.91 Å². The Hall–Kier alpha value is -3.28. The van der Waals surface area contributed by atoms with Gasteiger partial charge in [-0.3, -0.25) is 4.79 Å². The SMILES string of the molecule is COc1cc(CCC(=O)N(C)Cc2c(C)nn(-c3ccccc3)c2C)cc(OC)c1. The molecule has 0 spiro atoms. The number of benzene rings is 2. The third-order valence-corrected chi connectivity index (χ3v) is 5.30. The van der Waals surface area contributed by atoms with Gasteiger partial charge in [0.05, 0.1) is 25.6 Å². The molecule has 0 atom stereocenters. The van der Waals surface area contributed by atoms with Crippen LogP contribution in [0, 0.1) is 13.8 Å². The van der Waals surface area contributed by atoms with Gasteiger partial charge >= 0.3 is 0 Å². The van der Waals surface area contributed by atoms with Crippen LogP contribution < -0.4 is 9.47 Å². The fourth-order valence-electron chi connectivity index (χ4n) is 3.50. The Morgan fingerprint density at radius 2 is 1.67 bits per heavy atom. The van der Waals surface area contributed by atoms with Gasteiger partial charge in [-0.1, -0.05) is 18.2 Å². The van der Waals surface area contributed by atoms with E-state index in [4.69, 9.17) is 9.47 Å². The highest BCUT2D eigenvalue weighted by Crippen LogP contribution is 2.24. The summed E-state index contributed by atoms with van der Waals surface area (Å²) in [6.45, 7) is 4.57. The zero-order valence-corrected chi connectivity index (χ0v) is 18.3. The number of ether oxygens (including phenoxy) is 2. The van der Waals surface area contributed by atoms with Crippen LogP contribution in [0.4, 0.5) is 0 Å². The molecule has 0 aliphatic heterocycles. The zero-order valence-electron chi connectivity index (χ0n) is 18.3. The van der Waals surface area contributed by atoms with Gasteiger partial charge in [-0.15, -0.1) is 0 Å². The molecule has 6 heteroatoms. The smallest absolute Gasteiger partial charge is 0.222 e. The second kappa shape index (κ2) is 9.48. The summed E-state index contributed by atoms with van der Waals surface area (Å²) in [5.74, 6) is 1.54. The summed E-state index contributed by atoms with van der Waals surface area (Å²) >= 11 is 0. The van der Waals surface area contributed by atoms with Crippen molar-refractivity contribution in [1.82, 2.24) is 14.7 Å². The lowest BCUT2D eigenvalue weighted by Gasteiger charge is -2.18. The molecule has 0 aliphatic rings. The lowest BCUT2D eigenvalue weighted by molar-refractivity contribution is -0.130. The van der Waals surface area contributed by atoms with E-state index in [1.165, 1.54) is 0 Å². The molecule has 0 saturated heterocycles. The minimum Gasteiger partial charge on any atom is -0.497 e. The Kier molecular flexibility index (Phi) is 6.77. The molecule has 1 amide bonds. The van der Waals surface area contributed by atoms with Crippen molar-refractivity contribution < 1.29 is 14.3 Å². The Morgan fingerprint density at radius 3 is 2.27 bits per heavy atom. The molecule has 0 fully saturated rings. The quantitative estimate of drug-likeness (QED) is 0.564. The predicted octanol–water partition coefficient (Wildman–Crippen LogP) is 4.10. The van der Waals surface area contributed by atoms with Crippen LogP contribution in [-0.4, -0.2) is 41.9 Å². The van der Waals surface area contributed by atoms with Crippen molar-refractivity contribution in [3.8, 4) is 17.2 Å². The number of carbonyl (C=O) groups is 1. The van der Waals surface area contributed by atoms with Crippen LogP contribution in [0.15, 0.2) is 48.5 Å². The van der Waals surface area contributed by atoms with Gasteiger partial charge < -0.3 is 14.4 Å². The molecular weight excluding hydrogens is 378 g/mol. The maximum atomic E-state index is 12.8. The van der Waals surface area contributed by atoms with Crippen LogP contribution in [0.3, 0.4) is 0 Å². The highest BCUT2D eigenvalue weighted by Gasteiger charge is 2.17. The summed E-state index contributed by atoms with van der Waals surface area (Å²) in [7, 11) is 5.09. The number of methoxy groups -OCH3 is 2. The van der Waals surface area contributed by atoms with Crippen LogP contribution >= 0.6 is 0 Å². The van der Waals surface area contributed by atoms with Gasteiger partial charge in [-0.2, -0.15) is 5.10 Å². The highest BCUT2D eigenvalue weighted by molar-refractivity contribution is 5.76. The number of carbonyl (C=O) groups excluding carboxylic acids is 1. The second-order valence-electron chi connectivity index (χ2n) is 7.37. The molecule has 3 rings (SSSR count). The van der Waals surface area contributed by atoms with Crippen molar-refractivity contribution in [2.75, 3.05) is 21.3 Å². The molecule has 3 aromatic rings. The molecule has 6 nitrogen and oxygen atoms in total. The monoisotopic (exact) mass is 407 g/mol. The average molecular weight is 408 g/mol. The molecule has 0 bridgehead atoms. The highest BCUT2D eigenvalue weighted by atomic mass is 16.5. The van der Waals surface area contributed by atoms with Crippen molar-refractivity contribution in [3.63, 3.8) is 0 Å². The molecule has 2 aromatic carbocycles. The molecule has 1 aromatic heterocycles. The molecule has 0 radical (unpaired) electrons. The molecule has 0 N–H and O–H groups in total. The first-order chi connectivity index (χ1) is 14.4. The summed E-state index contributed by atoms with van der Waals surface area (Å²) in [5.41, 5.74) is 5.10. The Morgan fingerprint density at radius 1 is 1.03 bits per heavy atom. The van der Waals surface area contributed by atoms with Gasteiger partial charge in [-0.25, -0.2) is 4.68 Å². The first-order valence-corrected chi connectivity index (χ1v) is 9.99. The van der Waals surface area contributed by atoms with Crippen molar-refractivity contribution in [1.29, 1.82) is 0 Å². The number of para-hydroxylation sites is 1. The summed E-state index contributed by atoms with van der Waals surface area (Å²) in [5, 5.41) is 4.68. The second-order valence-corrected chi connectivity index (χ2v) is 7.37. The fraction of sp³-hybridized carbons (Fsp3) is 0.333. The Bertz CT molecular complexity index is 990. The largest absolute Gasteiger partial charge is 0.497 e. The molecule has 30 heavy (non-hydrogen) atoms. The van der Waals surface area contributed by atoms with E-state index in [1.807, 2.05) is 74.1 Å². The minimum atomic E-state index is 0.0862. The van der Waals surface area contributed by atoms with Gasteiger partial charge in [0, 0.05) is 37.3 Å². The maximum Gasteiger partial charge on any atom is 0.222 e. The van der Waals surface area contributed by atoms with E-state index < -0.39 is 0 Å². The van der Waals surface area contributed by atoms with E-state index in [9.17, 15) is 4.79 Å². The van der Waals surface area contributed by atoms with Gasteiger partial charge in [-0.05, 0) is 50.1 Å². The third kappa shape index (κ3) is 4.82. The lowest BCUT2D eigenvalue weighted by Crippen LogP contribution is -2.27. The van der Waals surface area contributed by atoms with Gasteiger partial charge in [0.25, 0.3) is 0 Å². The number of amides is 1. The van der Waals surface area contributed by atoms with Crippen LogP contribution in [0.25, 0.3) is 5.69 Å². The van der Waals surface area contributed by atoms with Crippen LogP contribution in [0.1, 0.15) is 28.9 Å². The summed E-state index contributed by atoms with van der Waals surface area (Å²) in [6, 6.07) is 15.7. The number of hydrogen-bond acceptors (Lipinski definition) is 4. The summed E-state index contributed by atoms with van der Waals surface area (Å²) in [6.07, 6.45) is 1.04. The average Bonchev–Trinajstić information content (AvgIpc) is 3.05. The van der Waals surface area contributed by atoms with Crippen LogP contribution in [0.5, 0.6) is 11.5 Å². The van der Waals surface area contributed by atoms with E-state index in [2.05, 4.69) is 5.10 Å². The number of hydrogen-bond donors (Lipinski definition) is 0. The molecule has 0 aliphatic carbocycles. The molecule has 158 valence electrons. The number of rotatable bonds is 8. The number of aryl methyl sites for hydroxylation is 2. The number of nitrogens with zero attached hydrogens (tertiary/aromatic N) is 3. The van der Waals surface area contributed by atoms with Gasteiger partial charge in [0.2, 0.25) is 5.91 Å². The minimum absolute atomic E-state index is 0.0862. The fourth-order valence-corrected chi connectivity index (χ4v) is 3.50. The van der Waals surface area contributed by atoms with Crippen LogP contribution in [-0.2, 0) is 17.8 Å². The van der Waals surface area contributed by atoms with E-state index in [-0.39, 0.29) is 5.91 Å². The van der Waals surface area contributed by atoms with Gasteiger partial charge in [0.1, 0.15) is 11.5 Å². The molecule has 0 saturated carbocycles. The van der Waals surface area contributed by atoms with Crippen molar-refractivity contribution in [2.45, 2.75) is 33.2 Å². The third-order valence-electron chi connectivity index (χ3n) is 5.30. The summed E-state index contributed by atoms with van der Waals surface area (Å²) < 4.78 is 12.6. The zero-order chi connectivity index (χ0) is 21.7. The topological polar surface area (TPSA) is 56.6 Å². The predicted molar refractivity (Wildman–Crippen MR) is 117 cm³/mol. The first kappa shape index (κ1) is 21.4. The van der Waals surface area contributed by atoms with E-state index in [0.717, 1.165) is 39.7 Å². The molecular formula is C24H29N3O3. The Balaban J connectivity index is 1.67. The van der Waals surface area contributed by atoms with E-state index in [0.29, 0.717) is 19.4 Å². The Labute approximate surface area is 178 Å². The molecule has 1 heterocycles. The lowest BCUT2D eigenvalue weighted by atomic mass is 10.1. The standard InChI is InChI=1S/C24H29N3O3/c1-17-23(18(2)27(25-17)20-9-7-6-8-10-20)16-26(3)24(28)12-11-19-13-21(29-4)15-22(14-19)30-5/h6-10,13-15H,11-12,16H2,1-5H3. The number of aromatic nitrogens is 2. The van der Waals surface area contributed by atoms with Crippen molar-refractivity contribution in [2.24, 2.45) is 0 Å². The summed E-state index contributed by atoms with van der Waals surface area (Å²) in [4.78, 5) is 14.5.